The van der Waals surface area contributed by atoms with Crippen molar-refractivity contribution < 1.29 is 14.3 Å². The van der Waals surface area contributed by atoms with Crippen molar-refractivity contribution in [3.05, 3.63) is 51.0 Å². The maximum Gasteiger partial charge on any atom is 0.307 e. The third-order valence-electron chi connectivity index (χ3n) is 5.03. The molecule has 1 saturated heterocycles. The predicted molar refractivity (Wildman–Crippen MR) is 108 cm³/mol. The lowest BCUT2D eigenvalue weighted by Gasteiger charge is -2.15. The Morgan fingerprint density at radius 3 is 3.00 bits per heavy atom. The van der Waals surface area contributed by atoms with Crippen molar-refractivity contribution in [2.75, 3.05) is 13.1 Å². The van der Waals surface area contributed by atoms with E-state index in [0.717, 1.165) is 27.7 Å². The molecule has 0 aliphatic carbocycles. The van der Waals surface area contributed by atoms with Crippen LogP contribution in [0.25, 0.3) is 22.6 Å². The number of benzene rings is 2. The number of hydrogen-bond donors (Lipinski definition) is 1. The van der Waals surface area contributed by atoms with Crippen LogP contribution in [0, 0.1) is 12.8 Å². The zero-order chi connectivity index (χ0) is 19.1. The SMILES string of the molecule is Cc1c(Br)cccc1-c1nc2cc(CN3CC[C@@H](C(=O)O)C3)cc(Cl)c2o1. The topological polar surface area (TPSA) is 66.6 Å². The van der Waals surface area contributed by atoms with Gasteiger partial charge in [0.05, 0.1) is 10.9 Å². The first-order chi connectivity index (χ1) is 12.9. The van der Waals surface area contributed by atoms with Crippen LogP contribution in [0.4, 0.5) is 0 Å². The van der Waals surface area contributed by atoms with E-state index in [1.54, 1.807) is 0 Å². The molecule has 1 fully saturated rings. The standard InChI is InChI=1S/C20H18BrClN2O3/c1-11-14(3-2-4-15(11)21)19-23-17-8-12(7-16(22)18(17)27-19)9-24-6-5-13(10-24)20(25)26/h2-4,7-8,13H,5-6,9-10H2,1H3,(H,25,26)/t13-/m1/s1. The first-order valence-electron chi connectivity index (χ1n) is 8.72. The Bertz CT molecular complexity index is 1030. The summed E-state index contributed by atoms with van der Waals surface area (Å²) in [4.78, 5) is 17.9. The number of fused-ring (bicyclic) bond motifs is 1. The molecule has 1 aliphatic rings. The third-order valence-corrected chi connectivity index (χ3v) is 6.17. The Kier molecular flexibility index (Phi) is 4.97. The maximum absolute atomic E-state index is 11.1. The molecular formula is C20H18BrClN2O3. The molecule has 1 atom stereocenters. The molecule has 4 rings (SSSR count). The highest BCUT2D eigenvalue weighted by atomic mass is 79.9. The number of oxazole rings is 1. The molecular weight excluding hydrogens is 432 g/mol. The second kappa shape index (κ2) is 7.26. The monoisotopic (exact) mass is 448 g/mol. The number of aromatic nitrogens is 1. The van der Waals surface area contributed by atoms with Crippen molar-refractivity contribution in [3.63, 3.8) is 0 Å². The molecule has 0 saturated carbocycles. The molecule has 0 amide bonds. The average Bonchev–Trinajstić information content (AvgIpc) is 3.25. The first-order valence-corrected chi connectivity index (χ1v) is 9.89. The summed E-state index contributed by atoms with van der Waals surface area (Å²) in [5.74, 6) is -0.478. The van der Waals surface area contributed by atoms with E-state index < -0.39 is 5.97 Å². The van der Waals surface area contributed by atoms with E-state index in [2.05, 4.69) is 25.8 Å². The van der Waals surface area contributed by atoms with E-state index in [0.29, 0.717) is 41.5 Å². The van der Waals surface area contributed by atoms with Gasteiger partial charge < -0.3 is 9.52 Å². The Morgan fingerprint density at radius 2 is 2.26 bits per heavy atom. The molecule has 0 radical (unpaired) electrons. The summed E-state index contributed by atoms with van der Waals surface area (Å²) < 4.78 is 6.94. The van der Waals surface area contributed by atoms with Crippen LogP contribution in [0.5, 0.6) is 0 Å². The largest absolute Gasteiger partial charge is 0.481 e. The van der Waals surface area contributed by atoms with Gasteiger partial charge in [0.25, 0.3) is 0 Å². The fraction of sp³-hybridized carbons (Fsp3) is 0.300. The molecule has 7 heteroatoms. The van der Waals surface area contributed by atoms with Crippen LogP contribution < -0.4 is 0 Å². The smallest absolute Gasteiger partial charge is 0.307 e. The summed E-state index contributed by atoms with van der Waals surface area (Å²) in [5.41, 5.74) is 4.25. The number of nitrogens with zero attached hydrogens (tertiary/aromatic N) is 2. The molecule has 0 spiro atoms. The van der Waals surface area contributed by atoms with E-state index in [-0.39, 0.29) is 5.92 Å². The van der Waals surface area contributed by atoms with Crippen LogP contribution in [0.1, 0.15) is 17.5 Å². The van der Waals surface area contributed by atoms with Crippen LogP contribution in [0.2, 0.25) is 5.02 Å². The van der Waals surface area contributed by atoms with Crippen LogP contribution in [-0.4, -0.2) is 34.0 Å². The van der Waals surface area contributed by atoms with Gasteiger partial charge in [-0.1, -0.05) is 33.6 Å². The fourth-order valence-corrected chi connectivity index (χ4v) is 4.17. The number of halogens is 2. The van der Waals surface area contributed by atoms with Crippen LogP contribution in [-0.2, 0) is 11.3 Å². The molecule has 1 aliphatic heterocycles. The Labute approximate surface area is 170 Å². The van der Waals surface area contributed by atoms with Crippen molar-refractivity contribution >= 4 is 44.6 Å². The van der Waals surface area contributed by atoms with Gasteiger partial charge in [-0.25, -0.2) is 4.98 Å². The quantitative estimate of drug-likeness (QED) is 0.598. The molecule has 140 valence electrons. The minimum Gasteiger partial charge on any atom is -0.481 e. The van der Waals surface area contributed by atoms with Crippen molar-refractivity contribution in [1.29, 1.82) is 0 Å². The van der Waals surface area contributed by atoms with Gasteiger partial charge in [-0.15, -0.1) is 0 Å². The summed E-state index contributed by atoms with van der Waals surface area (Å²) in [6.45, 7) is 3.99. The number of carboxylic acid groups (broad SMARTS) is 1. The van der Waals surface area contributed by atoms with E-state index >= 15 is 0 Å². The van der Waals surface area contributed by atoms with E-state index in [1.165, 1.54) is 0 Å². The lowest BCUT2D eigenvalue weighted by molar-refractivity contribution is -0.141. The Morgan fingerprint density at radius 1 is 1.44 bits per heavy atom. The summed E-state index contributed by atoms with van der Waals surface area (Å²) >= 11 is 9.98. The van der Waals surface area contributed by atoms with Crippen LogP contribution >= 0.6 is 27.5 Å². The number of hydrogen-bond acceptors (Lipinski definition) is 4. The number of carbonyl (C=O) groups is 1. The van der Waals surface area contributed by atoms with Gasteiger partial charge in [-0.05, 0) is 55.3 Å². The lowest BCUT2D eigenvalue weighted by Crippen LogP contribution is -2.22. The Balaban J connectivity index is 1.64. The van der Waals surface area contributed by atoms with Gasteiger partial charge in [-0.2, -0.15) is 0 Å². The van der Waals surface area contributed by atoms with Gasteiger partial charge in [-0.3, -0.25) is 9.69 Å². The molecule has 2 aromatic carbocycles. The zero-order valence-corrected chi connectivity index (χ0v) is 17.0. The molecule has 5 nitrogen and oxygen atoms in total. The first kappa shape index (κ1) is 18.5. The summed E-state index contributed by atoms with van der Waals surface area (Å²) in [7, 11) is 0. The summed E-state index contributed by atoms with van der Waals surface area (Å²) in [5, 5.41) is 9.68. The highest BCUT2D eigenvalue weighted by Crippen LogP contribution is 2.34. The Hall–Kier alpha value is -1.89. The van der Waals surface area contributed by atoms with Gasteiger partial charge in [0.15, 0.2) is 5.58 Å². The second-order valence-electron chi connectivity index (χ2n) is 6.92. The van der Waals surface area contributed by atoms with Gasteiger partial charge >= 0.3 is 5.97 Å². The van der Waals surface area contributed by atoms with E-state index in [9.17, 15) is 4.79 Å². The summed E-state index contributed by atoms with van der Waals surface area (Å²) in [6, 6.07) is 9.74. The van der Waals surface area contributed by atoms with E-state index in [4.69, 9.17) is 21.1 Å². The minimum absolute atomic E-state index is 0.289. The molecule has 0 unspecified atom stereocenters. The molecule has 1 aromatic heterocycles. The van der Waals surface area contributed by atoms with Crippen LogP contribution in [0.15, 0.2) is 39.2 Å². The second-order valence-corrected chi connectivity index (χ2v) is 8.18. The molecule has 3 aromatic rings. The number of carboxylic acids is 1. The van der Waals surface area contributed by atoms with Crippen LogP contribution in [0.3, 0.4) is 0 Å². The summed E-state index contributed by atoms with van der Waals surface area (Å²) in [6.07, 6.45) is 0.682. The number of likely N-dealkylation sites (tertiary alicyclic amines) is 1. The van der Waals surface area contributed by atoms with E-state index in [1.807, 2.05) is 37.3 Å². The number of rotatable bonds is 4. The van der Waals surface area contributed by atoms with Gasteiger partial charge in [0.2, 0.25) is 5.89 Å². The van der Waals surface area contributed by atoms with Crippen molar-refractivity contribution in [2.45, 2.75) is 19.9 Å². The van der Waals surface area contributed by atoms with Crippen molar-refractivity contribution in [3.8, 4) is 11.5 Å². The van der Waals surface area contributed by atoms with Gasteiger partial charge in [0, 0.05) is 23.1 Å². The normalized spacial score (nSPS) is 17.7. The molecule has 2 heterocycles. The minimum atomic E-state index is -0.725. The zero-order valence-electron chi connectivity index (χ0n) is 14.7. The highest BCUT2D eigenvalue weighted by molar-refractivity contribution is 9.10. The predicted octanol–water partition coefficient (Wildman–Crippen LogP) is 5.13. The molecule has 1 N–H and O–H groups in total. The van der Waals surface area contributed by atoms with Crippen molar-refractivity contribution in [2.24, 2.45) is 5.92 Å². The average molecular weight is 450 g/mol. The molecule has 0 bridgehead atoms. The maximum atomic E-state index is 11.1. The highest BCUT2D eigenvalue weighted by Gasteiger charge is 2.28. The van der Waals surface area contributed by atoms with Crippen molar-refractivity contribution in [1.82, 2.24) is 9.88 Å². The third kappa shape index (κ3) is 3.61. The lowest BCUT2D eigenvalue weighted by atomic mass is 10.1. The molecule has 27 heavy (non-hydrogen) atoms. The fourth-order valence-electron chi connectivity index (χ4n) is 3.53. The number of aliphatic carboxylic acids is 1. The van der Waals surface area contributed by atoms with Gasteiger partial charge in [0.1, 0.15) is 5.52 Å².